The van der Waals surface area contributed by atoms with Gasteiger partial charge in [0.1, 0.15) is 6.04 Å². The van der Waals surface area contributed by atoms with E-state index in [0.717, 1.165) is 16.1 Å². The molecule has 0 aromatic heterocycles. The summed E-state index contributed by atoms with van der Waals surface area (Å²) in [6.07, 6.45) is 1.09. The van der Waals surface area contributed by atoms with Gasteiger partial charge in [-0.25, -0.2) is 8.42 Å². The molecule has 0 aliphatic rings. The van der Waals surface area contributed by atoms with E-state index in [2.05, 4.69) is 5.32 Å². The summed E-state index contributed by atoms with van der Waals surface area (Å²) < 4.78 is 25.5. The van der Waals surface area contributed by atoms with E-state index in [9.17, 15) is 13.2 Å². The molecule has 0 aliphatic heterocycles. The predicted octanol–water partition coefficient (Wildman–Crippen LogP) is 4.20. The second-order valence-electron chi connectivity index (χ2n) is 6.15. The summed E-state index contributed by atoms with van der Waals surface area (Å²) in [7, 11) is -3.60. The van der Waals surface area contributed by atoms with Crippen LogP contribution in [0.2, 0.25) is 10.0 Å². The summed E-state index contributed by atoms with van der Waals surface area (Å²) in [5.74, 6) is 1.02. The molecule has 0 saturated carbocycles. The summed E-state index contributed by atoms with van der Waals surface area (Å²) in [5, 5.41) is 4.00. The summed E-state index contributed by atoms with van der Waals surface area (Å²) in [6, 6.07) is 13.1. The van der Waals surface area contributed by atoms with Crippen LogP contribution in [0.4, 0.5) is 5.69 Å². The number of hydrogen-bond acceptors (Lipinski definition) is 4. The number of nitrogens with one attached hydrogen (secondary N) is 1. The van der Waals surface area contributed by atoms with Crippen molar-refractivity contribution in [3.63, 3.8) is 0 Å². The number of carbonyl (C=O) groups excluding carboxylic acids is 1. The Morgan fingerprint density at radius 3 is 2.46 bits per heavy atom. The molecule has 0 radical (unpaired) electrons. The first kappa shape index (κ1) is 22.9. The number of benzene rings is 2. The number of sulfonamides is 1. The monoisotopic (exact) mass is 460 g/mol. The van der Waals surface area contributed by atoms with Crippen LogP contribution >= 0.6 is 35.0 Å². The average molecular weight is 461 g/mol. The van der Waals surface area contributed by atoms with Crippen LogP contribution in [-0.4, -0.2) is 38.9 Å². The Labute approximate surface area is 180 Å². The fourth-order valence-corrected chi connectivity index (χ4v) is 5.19. The Hall–Kier alpha value is -1.41. The van der Waals surface area contributed by atoms with Crippen LogP contribution in [0.5, 0.6) is 0 Å². The fourth-order valence-electron chi connectivity index (χ4n) is 2.60. The van der Waals surface area contributed by atoms with Gasteiger partial charge in [-0.05, 0) is 36.8 Å². The second-order valence-corrected chi connectivity index (χ2v) is 9.96. The molecule has 5 nitrogen and oxygen atoms in total. The summed E-state index contributed by atoms with van der Waals surface area (Å²) in [5.41, 5.74) is 1.43. The van der Waals surface area contributed by atoms with Crippen LogP contribution in [0.1, 0.15) is 12.5 Å². The van der Waals surface area contributed by atoms with E-state index in [0.29, 0.717) is 33.8 Å². The molecule has 0 bridgehead atoms. The van der Waals surface area contributed by atoms with Crippen LogP contribution in [-0.2, 0) is 20.6 Å². The van der Waals surface area contributed by atoms with Gasteiger partial charge < -0.3 is 5.32 Å². The van der Waals surface area contributed by atoms with Gasteiger partial charge in [0.05, 0.1) is 11.9 Å². The van der Waals surface area contributed by atoms with Crippen LogP contribution in [0.15, 0.2) is 48.5 Å². The Balaban J connectivity index is 1.87. The van der Waals surface area contributed by atoms with Crippen molar-refractivity contribution in [2.45, 2.75) is 18.7 Å². The number of anilines is 1. The molecule has 0 saturated heterocycles. The molecule has 0 aliphatic carbocycles. The van der Waals surface area contributed by atoms with Gasteiger partial charge in [-0.1, -0.05) is 47.5 Å². The standard InChI is InChI=1S/C19H22Cl2N2O3S2/c1-14(23(28(2,25)26)17-6-4-3-5-7-17)19(24)22-10-11-27-13-15-8-9-16(20)12-18(15)21/h3-9,12,14H,10-11,13H2,1-2H3,(H,22,24)/t14-/m0/s1. The number of thioether (sulfide) groups is 1. The number of rotatable bonds is 9. The molecule has 2 rings (SSSR count). The molecular formula is C19H22Cl2N2O3S2. The zero-order valence-corrected chi connectivity index (χ0v) is 18.7. The smallest absolute Gasteiger partial charge is 0.243 e. The van der Waals surface area contributed by atoms with E-state index in [1.807, 2.05) is 6.07 Å². The van der Waals surface area contributed by atoms with Gasteiger partial charge in [0.25, 0.3) is 0 Å². The molecule has 2 aromatic rings. The lowest BCUT2D eigenvalue weighted by Gasteiger charge is -2.28. The van der Waals surface area contributed by atoms with Crippen LogP contribution in [0.25, 0.3) is 0 Å². The highest BCUT2D eigenvalue weighted by Gasteiger charge is 2.28. The molecule has 0 fully saturated rings. The van der Waals surface area contributed by atoms with Crippen LogP contribution < -0.4 is 9.62 Å². The molecule has 0 unspecified atom stereocenters. The summed E-state index contributed by atoms with van der Waals surface area (Å²) in [6.45, 7) is 2.00. The first-order valence-corrected chi connectivity index (χ1v) is 12.3. The van der Waals surface area contributed by atoms with E-state index in [1.165, 1.54) is 0 Å². The zero-order valence-electron chi connectivity index (χ0n) is 15.6. The quantitative estimate of drug-likeness (QED) is 0.569. The fraction of sp³-hybridized carbons (Fsp3) is 0.316. The van der Waals surface area contributed by atoms with E-state index in [4.69, 9.17) is 23.2 Å². The minimum atomic E-state index is -3.60. The number of nitrogens with zero attached hydrogens (tertiary/aromatic N) is 1. The molecule has 2 aromatic carbocycles. The van der Waals surface area contributed by atoms with Gasteiger partial charge in [0.2, 0.25) is 15.9 Å². The van der Waals surface area contributed by atoms with Crippen molar-refractivity contribution in [3.8, 4) is 0 Å². The van der Waals surface area contributed by atoms with E-state index >= 15 is 0 Å². The maximum absolute atomic E-state index is 12.5. The predicted molar refractivity (Wildman–Crippen MR) is 119 cm³/mol. The molecule has 9 heteroatoms. The first-order valence-electron chi connectivity index (χ1n) is 8.54. The Kier molecular flexibility index (Phi) is 8.49. The van der Waals surface area contributed by atoms with E-state index < -0.39 is 16.1 Å². The van der Waals surface area contributed by atoms with Crippen molar-refractivity contribution in [1.82, 2.24) is 5.32 Å². The average Bonchev–Trinajstić information content (AvgIpc) is 2.62. The van der Waals surface area contributed by atoms with Crippen molar-refractivity contribution < 1.29 is 13.2 Å². The number of para-hydroxylation sites is 1. The van der Waals surface area contributed by atoms with Crippen molar-refractivity contribution in [3.05, 3.63) is 64.1 Å². The second kappa shape index (κ2) is 10.4. The Bertz CT molecular complexity index is 909. The number of hydrogen-bond donors (Lipinski definition) is 1. The highest BCUT2D eigenvalue weighted by atomic mass is 35.5. The number of amides is 1. The maximum atomic E-state index is 12.5. The van der Waals surface area contributed by atoms with Crippen LogP contribution in [0, 0.1) is 0 Å². The summed E-state index contributed by atoms with van der Waals surface area (Å²) >= 11 is 13.6. The third-order valence-electron chi connectivity index (χ3n) is 3.92. The highest BCUT2D eigenvalue weighted by molar-refractivity contribution is 7.98. The third-order valence-corrected chi connectivity index (χ3v) is 6.75. The van der Waals surface area contributed by atoms with Crippen LogP contribution in [0.3, 0.4) is 0 Å². The van der Waals surface area contributed by atoms with Gasteiger partial charge >= 0.3 is 0 Å². The first-order chi connectivity index (χ1) is 13.2. The SMILES string of the molecule is C[C@@H](C(=O)NCCSCc1ccc(Cl)cc1Cl)N(c1ccccc1)S(C)(=O)=O. The van der Waals surface area contributed by atoms with Crippen molar-refractivity contribution >= 4 is 56.6 Å². The lowest BCUT2D eigenvalue weighted by Crippen LogP contribution is -2.48. The molecule has 1 atom stereocenters. The summed E-state index contributed by atoms with van der Waals surface area (Å²) in [4.78, 5) is 12.5. The largest absolute Gasteiger partial charge is 0.353 e. The normalized spacial score (nSPS) is 12.4. The minimum absolute atomic E-state index is 0.348. The Morgan fingerprint density at radius 1 is 1.18 bits per heavy atom. The third kappa shape index (κ3) is 6.58. The topological polar surface area (TPSA) is 66.5 Å². The zero-order chi connectivity index (χ0) is 20.7. The highest BCUT2D eigenvalue weighted by Crippen LogP contribution is 2.24. The lowest BCUT2D eigenvalue weighted by molar-refractivity contribution is -0.121. The molecular weight excluding hydrogens is 439 g/mol. The number of carbonyl (C=O) groups is 1. The van der Waals surface area contributed by atoms with Gasteiger partial charge in [0, 0.05) is 28.1 Å². The molecule has 1 amide bonds. The van der Waals surface area contributed by atoms with E-state index in [-0.39, 0.29) is 5.91 Å². The van der Waals surface area contributed by atoms with Gasteiger partial charge in [0.15, 0.2) is 0 Å². The van der Waals surface area contributed by atoms with Crippen molar-refractivity contribution in [2.75, 3.05) is 22.9 Å². The van der Waals surface area contributed by atoms with Gasteiger partial charge in [-0.3, -0.25) is 9.10 Å². The molecule has 28 heavy (non-hydrogen) atoms. The maximum Gasteiger partial charge on any atom is 0.243 e. The minimum Gasteiger partial charge on any atom is -0.353 e. The Morgan fingerprint density at radius 2 is 1.86 bits per heavy atom. The molecule has 0 heterocycles. The van der Waals surface area contributed by atoms with Crippen molar-refractivity contribution in [2.24, 2.45) is 0 Å². The molecule has 1 N–H and O–H groups in total. The van der Waals surface area contributed by atoms with Gasteiger partial charge in [-0.15, -0.1) is 0 Å². The van der Waals surface area contributed by atoms with Crippen molar-refractivity contribution in [1.29, 1.82) is 0 Å². The van der Waals surface area contributed by atoms with E-state index in [1.54, 1.807) is 61.2 Å². The molecule has 152 valence electrons. The lowest BCUT2D eigenvalue weighted by atomic mass is 10.2. The number of halogens is 2. The molecule has 0 spiro atoms. The van der Waals surface area contributed by atoms with Gasteiger partial charge in [-0.2, -0.15) is 11.8 Å².